The van der Waals surface area contributed by atoms with E-state index in [4.69, 9.17) is 4.74 Å². The molecular formula is C11H13NO2. The Labute approximate surface area is 83.1 Å². The molecule has 1 aromatic rings. The molecule has 0 aliphatic carbocycles. The fourth-order valence-corrected chi connectivity index (χ4v) is 1.52. The van der Waals surface area contributed by atoms with E-state index in [9.17, 15) is 4.79 Å². The van der Waals surface area contributed by atoms with Crippen LogP contribution in [0.25, 0.3) is 0 Å². The summed E-state index contributed by atoms with van der Waals surface area (Å²) in [6.07, 6.45) is 0.555. The number of para-hydroxylation sites is 1. The van der Waals surface area contributed by atoms with Crippen LogP contribution in [0.5, 0.6) is 5.75 Å². The van der Waals surface area contributed by atoms with Crippen LogP contribution < -0.4 is 10.1 Å². The fourth-order valence-electron chi connectivity index (χ4n) is 1.52. The number of hydrogen-bond donors (Lipinski definition) is 1. The van der Waals surface area contributed by atoms with Crippen LogP contribution in [0.4, 0.5) is 0 Å². The van der Waals surface area contributed by atoms with Crippen molar-refractivity contribution < 1.29 is 9.53 Å². The van der Waals surface area contributed by atoms with Crippen molar-refractivity contribution in [1.82, 2.24) is 5.32 Å². The largest absolute Gasteiger partial charge is 0.491 e. The third-order valence-corrected chi connectivity index (χ3v) is 2.29. The third kappa shape index (κ3) is 1.87. The van der Waals surface area contributed by atoms with Crippen molar-refractivity contribution in [2.75, 3.05) is 6.61 Å². The van der Waals surface area contributed by atoms with Gasteiger partial charge < -0.3 is 10.1 Å². The first-order chi connectivity index (χ1) is 6.68. The molecule has 0 aromatic heterocycles. The summed E-state index contributed by atoms with van der Waals surface area (Å²) >= 11 is 0. The van der Waals surface area contributed by atoms with Crippen LogP contribution >= 0.6 is 0 Å². The molecule has 2 rings (SSSR count). The average Bonchev–Trinajstić information content (AvgIpc) is 2.15. The van der Waals surface area contributed by atoms with E-state index < -0.39 is 0 Å². The van der Waals surface area contributed by atoms with Crippen LogP contribution in [0.3, 0.4) is 0 Å². The minimum absolute atomic E-state index is 0.101. The minimum Gasteiger partial charge on any atom is -0.491 e. The SMILES string of the molecule is CC1(COc2ccccc2)CC(=O)N1. The van der Waals surface area contributed by atoms with Gasteiger partial charge in [-0.15, -0.1) is 0 Å². The maximum atomic E-state index is 10.8. The van der Waals surface area contributed by atoms with Crippen molar-refractivity contribution in [1.29, 1.82) is 0 Å². The van der Waals surface area contributed by atoms with E-state index in [0.29, 0.717) is 13.0 Å². The van der Waals surface area contributed by atoms with Crippen LogP contribution in [-0.4, -0.2) is 18.1 Å². The zero-order valence-electron chi connectivity index (χ0n) is 8.12. The van der Waals surface area contributed by atoms with Gasteiger partial charge in [-0.3, -0.25) is 4.79 Å². The topological polar surface area (TPSA) is 38.3 Å². The van der Waals surface area contributed by atoms with Gasteiger partial charge in [0, 0.05) is 0 Å². The van der Waals surface area contributed by atoms with Crippen molar-refractivity contribution in [3.05, 3.63) is 30.3 Å². The van der Waals surface area contributed by atoms with E-state index in [1.807, 2.05) is 37.3 Å². The van der Waals surface area contributed by atoms with Gasteiger partial charge in [-0.2, -0.15) is 0 Å². The van der Waals surface area contributed by atoms with E-state index >= 15 is 0 Å². The molecule has 0 radical (unpaired) electrons. The van der Waals surface area contributed by atoms with Crippen molar-refractivity contribution >= 4 is 5.91 Å². The summed E-state index contributed by atoms with van der Waals surface area (Å²) in [5.74, 6) is 0.944. The second-order valence-electron chi connectivity index (χ2n) is 3.89. The Balaban J connectivity index is 1.86. The Bertz CT molecular complexity index is 326. The summed E-state index contributed by atoms with van der Waals surface area (Å²) in [6, 6.07) is 9.61. The van der Waals surface area contributed by atoms with Gasteiger partial charge in [-0.1, -0.05) is 18.2 Å². The lowest BCUT2D eigenvalue weighted by Crippen LogP contribution is -2.62. The number of carbonyl (C=O) groups excluding carboxylic acids is 1. The van der Waals surface area contributed by atoms with Gasteiger partial charge in [-0.05, 0) is 19.1 Å². The molecule has 1 atom stereocenters. The maximum absolute atomic E-state index is 10.8. The van der Waals surface area contributed by atoms with Gasteiger partial charge >= 0.3 is 0 Å². The molecule has 0 saturated carbocycles. The molecule has 1 saturated heterocycles. The first-order valence-electron chi connectivity index (χ1n) is 4.67. The summed E-state index contributed by atoms with van der Waals surface area (Å²) in [7, 11) is 0. The number of ether oxygens (including phenoxy) is 1. The molecule has 1 aliphatic heterocycles. The molecule has 0 bridgehead atoms. The third-order valence-electron chi connectivity index (χ3n) is 2.29. The van der Waals surface area contributed by atoms with Gasteiger partial charge in [0.2, 0.25) is 5.91 Å². The summed E-state index contributed by atoms with van der Waals surface area (Å²) in [5.41, 5.74) is -0.174. The normalized spacial score (nSPS) is 25.1. The van der Waals surface area contributed by atoms with E-state index in [2.05, 4.69) is 5.32 Å². The van der Waals surface area contributed by atoms with Crippen molar-refractivity contribution in [3.63, 3.8) is 0 Å². The monoisotopic (exact) mass is 191 g/mol. The van der Waals surface area contributed by atoms with Gasteiger partial charge in [0.25, 0.3) is 0 Å². The number of nitrogens with one attached hydrogen (secondary N) is 1. The molecule has 0 spiro atoms. The Morgan fingerprint density at radius 1 is 1.43 bits per heavy atom. The maximum Gasteiger partial charge on any atom is 0.223 e. The van der Waals surface area contributed by atoms with E-state index in [0.717, 1.165) is 5.75 Å². The first-order valence-corrected chi connectivity index (χ1v) is 4.67. The van der Waals surface area contributed by atoms with Crippen LogP contribution in [0.15, 0.2) is 30.3 Å². The second kappa shape index (κ2) is 3.33. The number of carbonyl (C=O) groups is 1. The van der Waals surface area contributed by atoms with Gasteiger partial charge in [0.05, 0.1) is 12.0 Å². The number of β-lactam (4-membered cyclic amide) rings is 1. The molecule has 1 N–H and O–H groups in total. The van der Waals surface area contributed by atoms with E-state index in [1.54, 1.807) is 0 Å². The van der Waals surface area contributed by atoms with Gasteiger partial charge in [-0.25, -0.2) is 0 Å². The fraction of sp³-hybridized carbons (Fsp3) is 0.364. The Hall–Kier alpha value is -1.51. The zero-order valence-corrected chi connectivity index (χ0v) is 8.12. The number of amides is 1. The molecule has 1 fully saturated rings. The summed E-state index contributed by atoms with van der Waals surface area (Å²) in [4.78, 5) is 10.8. The highest BCUT2D eigenvalue weighted by Gasteiger charge is 2.38. The zero-order chi connectivity index (χ0) is 10.0. The van der Waals surface area contributed by atoms with Crippen LogP contribution in [0, 0.1) is 0 Å². The molecule has 1 unspecified atom stereocenters. The van der Waals surface area contributed by atoms with E-state index in [-0.39, 0.29) is 11.4 Å². The Kier molecular flexibility index (Phi) is 2.15. The molecular weight excluding hydrogens is 178 g/mol. The van der Waals surface area contributed by atoms with Crippen LogP contribution in [0.2, 0.25) is 0 Å². The molecule has 1 aliphatic rings. The Morgan fingerprint density at radius 3 is 2.64 bits per heavy atom. The van der Waals surface area contributed by atoms with Crippen LogP contribution in [-0.2, 0) is 4.79 Å². The minimum atomic E-state index is -0.174. The lowest BCUT2D eigenvalue weighted by atomic mass is 9.90. The average molecular weight is 191 g/mol. The molecule has 1 amide bonds. The molecule has 1 aromatic carbocycles. The predicted octanol–water partition coefficient (Wildman–Crippen LogP) is 1.34. The van der Waals surface area contributed by atoms with Gasteiger partial charge in [0.15, 0.2) is 0 Å². The molecule has 3 nitrogen and oxygen atoms in total. The number of rotatable bonds is 3. The first kappa shape index (κ1) is 9.06. The van der Waals surface area contributed by atoms with Crippen molar-refractivity contribution in [2.24, 2.45) is 0 Å². The lowest BCUT2D eigenvalue weighted by Gasteiger charge is -2.38. The van der Waals surface area contributed by atoms with Crippen LogP contribution in [0.1, 0.15) is 13.3 Å². The summed E-state index contributed by atoms with van der Waals surface area (Å²) in [5, 5.41) is 2.83. The molecule has 14 heavy (non-hydrogen) atoms. The van der Waals surface area contributed by atoms with Crippen molar-refractivity contribution in [3.8, 4) is 5.75 Å². The van der Waals surface area contributed by atoms with Crippen molar-refractivity contribution in [2.45, 2.75) is 18.9 Å². The number of benzene rings is 1. The molecule has 3 heteroatoms. The highest BCUT2D eigenvalue weighted by molar-refractivity contribution is 5.84. The quantitative estimate of drug-likeness (QED) is 0.732. The van der Waals surface area contributed by atoms with Gasteiger partial charge in [0.1, 0.15) is 12.4 Å². The highest BCUT2D eigenvalue weighted by atomic mass is 16.5. The lowest BCUT2D eigenvalue weighted by molar-refractivity contribution is -0.133. The predicted molar refractivity (Wildman–Crippen MR) is 53.1 cm³/mol. The smallest absolute Gasteiger partial charge is 0.223 e. The van der Waals surface area contributed by atoms with E-state index in [1.165, 1.54) is 0 Å². The summed E-state index contributed by atoms with van der Waals surface area (Å²) in [6.45, 7) is 2.51. The highest BCUT2D eigenvalue weighted by Crippen LogP contribution is 2.20. The number of hydrogen-bond acceptors (Lipinski definition) is 2. The summed E-state index contributed by atoms with van der Waals surface area (Å²) < 4.78 is 5.55. The molecule has 74 valence electrons. The standard InChI is InChI=1S/C11H13NO2/c1-11(7-10(13)12-11)8-14-9-5-3-2-4-6-9/h2-6H,7-8H2,1H3,(H,12,13). The Morgan fingerprint density at radius 2 is 2.07 bits per heavy atom. The molecule has 1 heterocycles. The second-order valence-corrected chi connectivity index (χ2v) is 3.89.